The van der Waals surface area contributed by atoms with Gasteiger partial charge in [-0.25, -0.2) is 0 Å². The Labute approximate surface area is 109 Å². The van der Waals surface area contributed by atoms with Crippen molar-refractivity contribution in [1.29, 1.82) is 0 Å². The fourth-order valence-corrected chi connectivity index (χ4v) is 2.87. The molecule has 0 amide bonds. The van der Waals surface area contributed by atoms with Crippen molar-refractivity contribution in [2.45, 2.75) is 39.3 Å². The van der Waals surface area contributed by atoms with Crippen molar-refractivity contribution < 1.29 is 0 Å². The van der Waals surface area contributed by atoms with E-state index in [1.54, 1.807) is 6.07 Å². The first-order valence-corrected chi connectivity index (χ1v) is 6.71. The van der Waals surface area contributed by atoms with Crippen molar-refractivity contribution in [2.75, 3.05) is 12.3 Å². The quantitative estimate of drug-likeness (QED) is 0.816. The van der Waals surface area contributed by atoms with Gasteiger partial charge in [-0.1, -0.05) is 18.5 Å². The van der Waals surface area contributed by atoms with Crippen LogP contribution in [0.4, 0.5) is 5.69 Å². The second-order valence-corrected chi connectivity index (χ2v) is 5.79. The van der Waals surface area contributed by atoms with Gasteiger partial charge < -0.3 is 5.73 Å². The minimum absolute atomic E-state index is 0.659. The number of piperidine rings is 1. The number of benzene rings is 1. The van der Waals surface area contributed by atoms with Crippen molar-refractivity contribution in [1.82, 2.24) is 4.90 Å². The predicted molar refractivity (Wildman–Crippen MR) is 74.1 cm³/mol. The lowest BCUT2D eigenvalue weighted by atomic mass is 9.94. The van der Waals surface area contributed by atoms with E-state index < -0.39 is 0 Å². The molecule has 2 unspecified atom stereocenters. The summed E-state index contributed by atoms with van der Waals surface area (Å²) < 4.78 is 0. The van der Waals surface area contributed by atoms with Gasteiger partial charge in [0, 0.05) is 29.8 Å². The zero-order chi connectivity index (χ0) is 12.4. The van der Waals surface area contributed by atoms with Crippen LogP contribution < -0.4 is 5.73 Å². The largest absolute Gasteiger partial charge is 0.399 e. The maximum absolute atomic E-state index is 6.03. The first kappa shape index (κ1) is 12.7. The molecule has 0 radical (unpaired) electrons. The number of halogens is 1. The van der Waals surface area contributed by atoms with Gasteiger partial charge in [-0.15, -0.1) is 0 Å². The Morgan fingerprint density at radius 2 is 2.06 bits per heavy atom. The lowest BCUT2D eigenvalue weighted by molar-refractivity contribution is 0.117. The van der Waals surface area contributed by atoms with Crippen molar-refractivity contribution >= 4 is 17.3 Å². The third kappa shape index (κ3) is 3.36. The number of anilines is 1. The molecule has 0 aliphatic carbocycles. The molecule has 1 aliphatic rings. The van der Waals surface area contributed by atoms with Crippen LogP contribution in [-0.4, -0.2) is 17.5 Å². The molecule has 2 rings (SSSR count). The summed E-state index contributed by atoms with van der Waals surface area (Å²) in [4.78, 5) is 2.53. The summed E-state index contributed by atoms with van der Waals surface area (Å²) >= 11 is 6.03. The van der Waals surface area contributed by atoms with E-state index >= 15 is 0 Å². The lowest BCUT2D eigenvalue weighted by Gasteiger charge is -2.36. The molecule has 2 N–H and O–H groups in total. The minimum Gasteiger partial charge on any atom is -0.399 e. The van der Waals surface area contributed by atoms with E-state index in [-0.39, 0.29) is 0 Å². The summed E-state index contributed by atoms with van der Waals surface area (Å²) in [5.41, 5.74) is 7.80. The molecule has 1 aromatic rings. The molecule has 1 aliphatic heterocycles. The molecule has 0 aromatic heterocycles. The highest BCUT2D eigenvalue weighted by Gasteiger charge is 2.22. The highest BCUT2D eigenvalue weighted by Crippen LogP contribution is 2.25. The number of likely N-dealkylation sites (tertiary alicyclic amines) is 1. The van der Waals surface area contributed by atoms with Gasteiger partial charge in [0.1, 0.15) is 0 Å². The van der Waals surface area contributed by atoms with E-state index in [1.165, 1.54) is 24.9 Å². The Hall–Kier alpha value is -0.730. The van der Waals surface area contributed by atoms with E-state index in [4.69, 9.17) is 17.3 Å². The number of hydrogen-bond donors (Lipinski definition) is 1. The topological polar surface area (TPSA) is 29.3 Å². The fraction of sp³-hybridized carbons (Fsp3) is 0.571. The van der Waals surface area contributed by atoms with Crippen LogP contribution >= 0.6 is 11.6 Å². The van der Waals surface area contributed by atoms with Crippen LogP contribution in [0.15, 0.2) is 18.2 Å². The van der Waals surface area contributed by atoms with Gasteiger partial charge in [0.2, 0.25) is 0 Å². The van der Waals surface area contributed by atoms with Crippen LogP contribution in [0, 0.1) is 5.92 Å². The number of rotatable bonds is 2. The maximum Gasteiger partial charge on any atom is 0.0429 e. The first-order chi connectivity index (χ1) is 8.04. The molecule has 94 valence electrons. The Morgan fingerprint density at radius 3 is 2.76 bits per heavy atom. The third-order valence-electron chi connectivity index (χ3n) is 3.61. The smallest absolute Gasteiger partial charge is 0.0429 e. The summed E-state index contributed by atoms with van der Waals surface area (Å²) in [6, 6.07) is 6.50. The van der Waals surface area contributed by atoms with Crippen molar-refractivity contribution in [2.24, 2.45) is 5.92 Å². The molecule has 1 heterocycles. The van der Waals surface area contributed by atoms with Crippen LogP contribution in [0.3, 0.4) is 0 Å². The molecule has 3 heteroatoms. The Kier molecular flexibility index (Phi) is 3.95. The van der Waals surface area contributed by atoms with Crippen LogP contribution in [-0.2, 0) is 6.54 Å². The SMILES string of the molecule is CC1CCC(C)N(Cc2cc(N)cc(Cl)c2)C1. The molecular weight excluding hydrogens is 232 g/mol. The molecule has 17 heavy (non-hydrogen) atoms. The monoisotopic (exact) mass is 252 g/mol. The summed E-state index contributed by atoms with van der Waals surface area (Å²) in [5, 5.41) is 0.734. The number of nitrogen functional groups attached to an aromatic ring is 1. The third-order valence-corrected chi connectivity index (χ3v) is 3.83. The molecule has 0 saturated carbocycles. The zero-order valence-electron chi connectivity index (χ0n) is 10.6. The van der Waals surface area contributed by atoms with Gasteiger partial charge in [0.25, 0.3) is 0 Å². The van der Waals surface area contributed by atoms with E-state index in [0.29, 0.717) is 6.04 Å². The summed E-state index contributed by atoms with van der Waals surface area (Å²) in [6.07, 6.45) is 2.63. The second kappa shape index (κ2) is 5.28. The average Bonchev–Trinajstić information content (AvgIpc) is 2.22. The maximum atomic E-state index is 6.03. The number of nitrogens with two attached hydrogens (primary N) is 1. The number of hydrogen-bond acceptors (Lipinski definition) is 2. The normalized spacial score (nSPS) is 26.1. The molecule has 0 bridgehead atoms. The lowest BCUT2D eigenvalue weighted by Crippen LogP contribution is -2.40. The van der Waals surface area contributed by atoms with E-state index in [9.17, 15) is 0 Å². The van der Waals surface area contributed by atoms with Gasteiger partial charge in [-0.2, -0.15) is 0 Å². The minimum atomic E-state index is 0.659. The van der Waals surface area contributed by atoms with Gasteiger partial charge >= 0.3 is 0 Å². The van der Waals surface area contributed by atoms with Gasteiger partial charge in [0.15, 0.2) is 0 Å². The zero-order valence-corrected chi connectivity index (χ0v) is 11.4. The van der Waals surface area contributed by atoms with Crippen LogP contribution in [0.5, 0.6) is 0 Å². The van der Waals surface area contributed by atoms with Crippen LogP contribution in [0.1, 0.15) is 32.3 Å². The van der Waals surface area contributed by atoms with E-state index in [1.807, 2.05) is 12.1 Å². The summed E-state index contributed by atoms with van der Waals surface area (Å²) in [5.74, 6) is 0.794. The standard InChI is InChI=1S/C14H21ClN2/c1-10-3-4-11(2)17(8-10)9-12-5-13(15)7-14(16)6-12/h5-7,10-11H,3-4,8-9,16H2,1-2H3. The molecule has 2 atom stereocenters. The molecular formula is C14H21ClN2. The Balaban J connectivity index is 2.08. The Bertz CT molecular complexity index is 372. The molecule has 1 fully saturated rings. The van der Waals surface area contributed by atoms with E-state index in [0.717, 1.165) is 23.2 Å². The van der Waals surface area contributed by atoms with E-state index in [2.05, 4.69) is 18.7 Å². The second-order valence-electron chi connectivity index (χ2n) is 5.35. The molecule has 1 saturated heterocycles. The molecule has 0 spiro atoms. The van der Waals surface area contributed by atoms with Crippen molar-refractivity contribution in [3.05, 3.63) is 28.8 Å². The molecule has 2 nitrogen and oxygen atoms in total. The fourth-order valence-electron chi connectivity index (χ4n) is 2.60. The van der Waals surface area contributed by atoms with Gasteiger partial charge in [-0.05, 0) is 49.4 Å². The molecule has 1 aromatic carbocycles. The van der Waals surface area contributed by atoms with Crippen molar-refractivity contribution in [3.63, 3.8) is 0 Å². The summed E-state index contributed by atoms with van der Waals surface area (Å²) in [7, 11) is 0. The average molecular weight is 253 g/mol. The van der Waals surface area contributed by atoms with Gasteiger partial charge in [-0.3, -0.25) is 4.90 Å². The first-order valence-electron chi connectivity index (χ1n) is 6.33. The van der Waals surface area contributed by atoms with Crippen LogP contribution in [0.25, 0.3) is 0 Å². The van der Waals surface area contributed by atoms with Crippen LogP contribution in [0.2, 0.25) is 5.02 Å². The highest BCUT2D eigenvalue weighted by molar-refractivity contribution is 6.30. The highest BCUT2D eigenvalue weighted by atomic mass is 35.5. The predicted octanol–water partition coefficient (Wildman–Crippen LogP) is 3.54. The van der Waals surface area contributed by atoms with Gasteiger partial charge in [0.05, 0.1) is 0 Å². The summed E-state index contributed by atoms with van der Waals surface area (Å²) in [6.45, 7) is 6.76. The number of nitrogens with zero attached hydrogens (tertiary/aromatic N) is 1. The Morgan fingerprint density at radius 1 is 1.29 bits per heavy atom. The van der Waals surface area contributed by atoms with Crippen molar-refractivity contribution in [3.8, 4) is 0 Å².